The second-order valence-electron chi connectivity index (χ2n) is 8.78. The SMILES string of the molecule is COc1cccc(C2C(C(=O)c3cc4cccc(OC)c4o3)=C(O)C(=O)N2c2cc(C)cc(C)c2)c1. The van der Waals surface area contributed by atoms with Crippen LogP contribution in [0.2, 0.25) is 0 Å². The molecule has 1 atom stereocenters. The fourth-order valence-corrected chi connectivity index (χ4v) is 4.76. The zero-order valence-electron chi connectivity index (χ0n) is 20.4. The van der Waals surface area contributed by atoms with Gasteiger partial charge in [-0.15, -0.1) is 0 Å². The third kappa shape index (κ3) is 3.79. The molecule has 1 aliphatic rings. The Balaban J connectivity index is 1.69. The van der Waals surface area contributed by atoms with Crippen LogP contribution in [0.15, 0.2) is 82.5 Å². The number of methoxy groups -OCH3 is 2. The Kier molecular flexibility index (Phi) is 5.76. The molecule has 0 fully saturated rings. The van der Waals surface area contributed by atoms with Crippen LogP contribution in [0, 0.1) is 13.8 Å². The Labute approximate surface area is 208 Å². The molecule has 7 heteroatoms. The van der Waals surface area contributed by atoms with E-state index in [0.717, 1.165) is 11.1 Å². The number of ketones is 1. The number of carbonyl (C=O) groups excluding carboxylic acids is 2. The zero-order valence-corrected chi connectivity index (χ0v) is 20.4. The molecule has 1 unspecified atom stereocenters. The molecule has 0 saturated heterocycles. The lowest BCUT2D eigenvalue weighted by Crippen LogP contribution is -2.31. The molecule has 0 radical (unpaired) electrons. The summed E-state index contributed by atoms with van der Waals surface area (Å²) < 4.78 is 16.6. The maximum atomic E-state index is 13.9. The summed E-state index contributed by atoms with van der Waals surface area (Å²) in [5.74, 6) is -0.817. The number of hydrogen-bond donors (Lipinski definition) is 1. The predicted molar refractivity (Wildman–Crippen MR) is 136 cm³/mol. The molecular formula is C29H25NO6. The van der Waals surface area contributed by atoms with E-state index in [1.165, 1.54) is 12.0 Å². The number of carbonyl (C=O) groups is 2. The van der Waals surface area contributed by atoms with Gasteiger partial charge in [0.2, 0.25) is 5.78 Å². The maximum Gasteiger partial charge on any atom is 0.294 e. The molecular weight excluding hydrogens is 458 g/mol. The second-order valence-corrected chi connectivity index (χ2v) is 8.78. The lowest BCUT2D eigenvalue weighted by atomic mass is 9.94. The molecule has 1 aliphatic heterocycles. The lowest BCUT2D eigenvalue weighted by Gasteiger charge is -2.27. The van der Waals surface area contributed by atoms with Gasteiger partial charge in [-0.05, 0) is 66.9 Å². The van der Waals surface area contributed by atoms with Crippen molar-refractivity contribution >= 4 is 28.3 Å². The van der Waals surface area contributed by atoms with Crippen LogP contribution < -0.4 is 14.4 Å². The summed E-state index contributed by atoms with van der Waals surface area (Å²) in [4.78, 5) is 28.8. The molecule has 0 bridgehead atoms. The number of fused-ring (bicyclic) bond motifs is 1. The highest BCUT2D eigenvalue weighted by Crippen LogP contribution is 2.43. The molecule has 182 valence electrons. The number of amides is 1. The van der Waals surface area contributed by atoms with Gasteiger partial charge in [-0.3, -0.25) is 14.5 Å². The molecule has 0 saturated carbocycles. The normalized spacial score (nSPS) is 15.6. The Hall–Kier alpha value is -4.52. The highest BCUT2D eigenvalue weighted by atomic mass is 16.5. The number of aliphatic hydroxyl groups excluding tert-OH is 1. The quantitative estimate of drug-likeness (QED) is 0.346. The summed E-state index contributed by atoms with van der Waals surface area (Å²) in [6, 6.07) is 18.8. The molecule has 7 nitrogen and oxygen atoms in total. The number of furan rings is 1. The minimum Gasteiger partial charge on any atom is -0.503 e. The van der Waals surface area contributed by atoms with Gasteiger partial charge < -0.3 is 19.0 Å². The van der Waals surface area contributed by atoms with Gasteiger partial charge in [-0.1, -0.05) is 30.3 Å². The number of aryl methyl sites for hydroxylation is 2. The van der Waals surface area contributed by atoms with Gasteiger partial charge in [0.15, 0.2) is 22.9 Å². The highest BCUT2D eigenvalue weighted by molar-refractivity contribution is 6.20. The first-order valence-corrected chi connectivity index (χ1v) is 11.4. The Morgan fingerprint density at radius 3 is 2.36 bits per heavy atom. The summed E-state index contributed by atoms with van der Waals surface area (Å²) in [5.41, 5.74) is 3.44. The van der Waals surface area contributed by atoms with E-state index in [1.807, 2.05) is 32.0 Å². The van der Waals surface area contributed by atoms with Crippen molar-refractivity contribution in [2.75, 3.05) is 19.1 Å². The minimum atomic E-state index is -0.892. The average molecular weight is 484 g/mol. The summed E-state index contributed by atoms with van der Waals surface area (Å²) in [6.45, 7) is 3.86. The predicted octanol–water partition coefficient (Wildman–Crippen LogP) is 5.85. The lowest BCUT2D eigenvalue weighted by molar-refractivity contribution is -0.117. The first-order chi connectivity index (χ1) is 17.3. The van der Waals surface area contributed by atoms with Crippen molar-refractivity contribution in [2.24, 2.45) is 0 Å². The van der Waals surface area contributed by atoms with Gasteiger partial charge >= 0.3 is 0 Å². The number of Topliss-reactive ketones (excluding diaryl/α,β-unsaturated/α-hetero) is 1. The molecule has 2 heterocycles. The van der Waals surface area contributed by atoms with Crippen LogP contribution in [0.1, 0.15) is 33.3 Å². The Morgan fingerprint density at radius 1 is 0.944 bits per heavy atom. The van der Waals surface area contributed by atoms with Gasteiger partial charge in [0.05, 0.1) is 25.8 Å². The first-order valence-electron chi connectivity index (χ1n) is 11.4. The number of anilines is 1. The third-order valence-electron chi connectivity index (χ3n) is 6.30. The average Bonchev–Trinajstić information content (AvgIpc) is 3.42. The molecule has 0 spiro atoms. The standard InChI is InChI=1S/C29H25NO6/c1-16-11-17(2)13-20(12-16)30-25(18-7-5-9-21(14-18)34-3)24(27(32)29(30)33)26(31)23-15-19-8-6-10-22(35-4)28(19)36-23/h5-15,25,32H,1-4H3. The molecule has 0 aliphatic carbocycles. The molecule has 4 aromatic rings. The van der Waals surface area contributed by atoms with Crippen molar-refractivity contribution < 1.29 is 28.6 Å². The smallest absolute Gasteiger partial charge is 0.294 e. The third-order valence-corrected chi connectivity index (χ3v) is 6.30. The highest BCUT2D eigenvalue weighted by Gasteiger charge is 2.45. The summed E-state index contributed by atoms with van der Waals surface area (Å²) >= 11 is 0. The number of rotatable bonds is 6. The summed E-state index contributed by atoms with van der Waals surface area (Å²) in [7, 11) is 3.06. The largest absolute Gasteiger partial charge is 0.503 e. The zero-order chi connectivity index (χ0) is 25.6. The van der Waals surface area contributed by atoms with Gasteiger partial charge in [-0.2, -0.15) is 0 Å². The van der Waals surface area contributed by atoms with E-state index in [4.69, 9.17) is 13.9 Å². The van der Waals surface area contributed by atoms with E-state index >= 15 is 0 Å². The van der Waals surface area contributed by atoms with Gasteiger partial charge in [0.25, 0.3) is 5.91 Å². The second kappa shape index (κ2) is 8.92. The molecule has 1 N–H and O–H groups in total. The summed E-state index contributed by atoms with van der Waals surface area (Å²) in [6.07, 6.45) is 0. The number of nitrogens with zero attached hydrogens (tertiary/aromatic N) is 1. The van der Waals surface area contributed by atoms with Crippen molar-refractivity contribution in [3.8, 4) is 11.5 Å². The van der Waals surface area contributed by atoms with Crippen LogP contribution in [0.4, 0.5) is 5.69 Å². The number of benzene rings is 3. The van der Waals surface area contributed by atoms with Crippen LogP contribution in [-0.2, 0) is 4.79 Å². The van der Waals surface area contributed by atoms with E-state index < -0.39 is 23.5 Å². The number of ether oxygens (including phenoxy) is 2. The molecule has 1 aromatic heterocycles. The van der Waals surface area contributed by atoms with E-state index in [-0.39, 0.29) is 11.3 Å². The van der Waals surface area contributed by atoms with Crippen molar-refractivity contribution in [1.82, 2.24) is 0 Å². The van der Waals surface area contributed by atoms with Gasteiger partial charge in [-0.25, -0.2) is 0 Å². The Bertz CT molecular complexity index is 1530. The van der Waals surface area contributed by atoms with Crippen LogP contribution in [0.5, 0.6) is 11.5 Å². The Morgan fingerprint density at radius 2 is 1.67 bits per heavy atom. The number of aliphatic hydroxyl groups is 1. The molecule has 1 amide bonds. The molecule has 36 heavy (non-hydrogen) atoms. The van der Waals surface area contributed by atoms with Crippen molar-refractivity contribution in [3.05, 3.63) is 101 Å². The van der Waals surface area contributed by atoms with Crippen molar-refractivity contribution in [1.29, 1.82) is 0 Å². The maximum absolute atomic E-state index is 13.9. The van der Waals surface area contributed by atoms with E-state index in [9.17, 15) is 14.7 Å². The number of hydrogen-bond acceptors (Lipinski definition) is 6. The molecule has 3 aromatic carbocycles. The van der Waals surface area contributed by atoms with Gasteiger partial charge in [0, 0.05) is 11.1 Å². The van der Waals surface area contributed by atoms with Crippen LogP contribution in [0.3, 0.4) is 0 Å². The minimum absolute atomic E-state index is 0.000908. The van der Waals surface area contributed by atoms with Gasteiger partial charge in [0.1, 0.15) is 5.75 Å². The molecule has 5 rings (SSSR count). The van der Waals surface area contributed by atoms with E-state index in [0.29, 0.717) is 33.7 Å². The van der Waals surface area contributed by atoms with Crippen molar-refractivity contribution in [2.45, 2.75) is 19.9 Å². The van der Waals surface area contributed by atoms with E-state index in [2.05, 4.69) is 0 Å². The topological polar surface area (TPSA) is 89.2 Å². The first kappa shape index (κ1) is 23.2. The number of para-hydroxylation sites is 1. The van der Waals surface area contributed by atoms with Crippen LogP contribution >= 0.6 is 0 Å². The van der Waals surface area contributed by atoms with Crippen LogP contribution in [0.25, 0.3) is 11.0 Å². The fourth-order valence-electron chi connectivity index (χ4n) is 4.76. The van der Waals surface area contributed by atoms with Crippen molar-refractivity contribution in [3.63, 3.8) is 0 Å². The van der Waals surface area contributed by atoms with Crippen LogP contribution in [-0.4, -0.2) is 31.0 Å². The van der Waals surface area contributed by atoms with E-state index in [1.54, 1.807) is 55.6 Å². The monoisotopic (exact) mass is 483 g/mol. The summed E-state index contributed by atoms with van der Waals surface area (Å²) in [5, 5.41) is 11.7. The fraction of sp³-hybridized carbons (Fsp3) is 0.172.